The molecule has 0 fully saturated rings. The molecule has 104 valence electrons. The van der Waals surface area contributed by atoms with Gasteiger partial charge in [0.1, 0.15) is 6.04 Å². The van der Waals surface area contributed by atoms with Gasteiger partial charge in [0.15, 0.2) is 0 Å². The van der Waals surface area contributed by atoms with Gasteiger partial charge in [-0.3, -0.25) is 9.78 Å². The molecule has 2 unspecified atom stereocenters. The zero-order chi connectivity index (χ0) is 13.7. The first-order chi connectivity index (χ1) is 9.18. The number of fused-ring (bicyclic) bond motifs is 1. The Labute approximate surface area is 113 Å². The van der Waals surface area contributed by atoms with Gasteiger partial charge in [-0.15, -0.1) is 0 Å². The fourth-order valence-corrected chi connectivity index (χ4v) is 2.53. The van der Waals surface area contributed by atoms with Crippen molar-refractivity contribution < 1.29 is 9.90 Å². The summed E-state index contributed by atoms with van der Waals surface area (Å²) >= 11 is 0. The van der Waals surface area contributed by atoms with Crippen molar-refractivity contribution in [2.75, 3.05) is 6.54 Å². The number of hydrogen-bond donors (Lipinski definition) is 3. The van der Waals surface area contributed by atoms with Gasteiger partial charge in [-0.05, 0) is 50.3 Å². The molecule has 0 saturated heterocycles. The molecular weight excluding hydrogens is 242 g/mol. The number of rotatable bonds is 6. The van der Waals surface area contributed by atoms with Gasteiger partial charge in [0.2, 0.25) is 0 Å². The van der Waals surface area contributed by atoms with Gasteiger partial charge in [-0.25, -0.2) is 0 Å². The van der Waals surface area contributed by atoms with Crippen LogP contribution in [0.3, 0.4) is 0 Å². The molecule has 2 atom stereocenters. The standard InChI is InChI=1S/C14H21N3O2/c15-11(14(18)19)6-3-8-16-12-7-1-4-10-5-2-9-17-13(10)12/h2,5,9,11-12,16H,1,3-4,6-8,15H2,(H,18,19). The van der Waals surface area contributed by atoms with E-state index >= 15 is 0 Å². The van der Waals surface area contributed by atoms with Crippen LogP contribution in [-0.4, -0.2) is 28.6 Å². The average molecular weight is 263 g/mol. The second-order valence-electron chi connectivity index (χ2n) is 5.03. The number of pyridine rings is 1. The molecule has 0 aliphatic heterocycles. The Kier molecular flexibility index (Phi) is 4.87. The Bertz CT molecular complexity index is 436. The summed E-state index contributed by atoms with van der Waals surface area (Å²) in [5.74, 6) is -0.926. The van der Waals surface area contributed by atoms with E-state index in [1.165, 1.54) is 12.0 Å². The van der Waals surface area contributed by atoms with E-state index in [4.69, 9.17) is 10.8 Å². The number of nitrogens with zero attached hydrogens (tertiary/aromatic N) is 1. The molecular formula is C14H21N3O2. The van der Waals surface area contributed by atoms with Crippen molar-refractivity contribution in [2.24, 2.45) is 5.73 Å². The van der Waals surface area contributed by atoms with Crippen molar-refractivity contribution >= 4 is 5.97 Å². The third kappa shape index (κ3) is 3.75. The van der Waals surface area contributed by atoms with Gasteiger partial charge < -0.3 is 16.2 Å². The lowest BCUT2D eigenvalue weighted by molar-refractivity contribution is -0.138. The normalized spacial score (nSPS) is 19.7. The molecule has 0 spiro atoms. The lowest BCUT2D eigenvalue weighted by Crippen LogP contribution is -2.32. The van der Waals surface area contributed by atoms with Crippen LogP contribution in [0.4, 0.5) is 0 Å². The number of carboxylic acids is 1. The lowest BCUT2D eigenvalue weighted by atomic mass is 9.92. The summed E-state index contributed by atoms with van der Waals surface area (Å²) in [5.41, 5.74) is 7.95. The van der Waals surface area contributed by atoms with Gasteiger partial charge in [-0.2, -0.15) is 0 Å². The van der Waals surface area contributed by atoms with Crippen molar-refractivity contribution in [1.29, 1.82) is 0 Å². The predicted octanol–water partition coefficient (Wildman–Crippen LogP) is 1.24. The number of aryl methyl sites for hydroxylation is 1. The van der Waals surface area contributed by atoms with Crippen LogP contribution in [0, 0.1) is 0 Å². The minimum atomic E-state index is -0.926. The monoisotopic (exact) mass is 263 g/mol. The highest BCUT2D eigenvalue weighted by atomic mass is 16.4. The molecule has 1 aliphatic rings. The largest absolute Gasteiger partial charge is 0.480 e. The number of carbonyl (C=O) groups is 1. The number of aromatic nitrogens is 1. The molecule has 1 aromatic rings. The molecule has 1 heterocycles. The maximum absolute atomic E-state index is 10.6. The highest BCUT2D eigenvalue weighted by Gasteiger charge is 2.20. The molecule has 5 nitrogen and oxygen atoms in total. The van der Waals surface area contributed by atoms with Crippen LogP contribution in [-0.2, 0) is 11.2 Å². The number of aliphatic carboxylic acids is 1. The van der Waals surface area contributed by atoms with Crippen molar-refractivity contribution in [3.8, 4) is 0 Å². The van der Waals surface area contributed by atoms with Crippen LogP contribution in [0.2, 0.25) is 0 Å². The van der Waals surface area contributed by atoms with E-state index in [1.54, 1.807) is 0 Å². The maximum Gasteiger partial charge on any atom is 0.320 e. The van der Waals surface area contributed by atoms with Crippen molar-refractivity contribution in [3.05, 3.63) is 29.6 Å². The summed E-state index contributed by atoms with van der Waals surface area (Å²) in [5, 5.41) is 12.2. The Morgan fingerprint density at radius 3 is 3.26 bits per heavy atom. The van der Waals surface area contributed by atoms with Crippen LogP contribution in [0.25, 0.3) is 0 Å². The molecule has 1 aliphatic carbocycles. The first kappa shape index (κ1) is 14.0. The Hall–Kier alpha value is -1.46. The molecule has 5 heteroatoms. The van der Waals surface area contributed by atoms with Crippen molar-refractivity contribution in [2.45, 2.75) is 44.2 Å². The molecule has 0 radical (unpaired) electrons. The molecule has 0 aromatic carbocycles. The summed E-state index contributed by atoms with van der Waals surface area (Å²) in [6, 6.07) is 3.66. The zero-order valence-corrected chi connectivity index (χ0v) is 11.0. The average Bonchev–Trinajstić information content (AvgIpc) is 2.43. The summed E-state index contributed by atoms with van der Waals surface area (Å²) in [4.78, 5) is 15.1. The van der Waals surface area contributed by atoms with Crippen LogP contribution < -0.4 is 11.1 Å². The second kappa shape index (κ2) is 6.63. The maximum atomic E-state index is 10.6. The topological polar surface area (TPSA) is 88.2 Å². The number of carboxylic acid groups (broad SMARTS) is 1. The number of nitrogens with one attached hydrogen (secondary N) is 1. The van der Waals surface area contributed by atoms with Crippen LogP contribution in [0.5, 0.6) is 0 Å². The third-order valence-electron chi connectivity index (χ3n) is 3.59. The molecule has 4 N–H and O–H groups in total. The molecule has 0 bridgehead atoms. The Morgan fingerprint density at radius 2 is 2.47 bits per heavy atom. The van der Waals surface area contributed by atoms with E-state index in [-0.39, 0.29) is 0 Å². The number of nitrogens with two attached hydrogens (primary N) is 1. The van der Waals surface area contributed by atoms with E-state index in [9.17, 15) is 4.79 Å². The smallest absolute Gasteiger partial charge is 0.320 e. The molecule has 2 rings (SSSR count). The van der Waals surface area contributed by atoms with Crippen molar-refractivity contribution in [3.63, 3.8) is 0 Å². The minimum absolute atomic E-state index is 0.297. The molecule has 0 amide bonds. The highest BCUT2D eigenvalue weighted by molar-refractivity contribution is 5.72. The minimum Gasteiger partial charge on any atom is -0.480 e. The van der Waals surface area contributed by atoms with E-state index in [0.29, 0.717) is 12.5 Å². The fraction of sp³-hybridized carbons (Fsp3) is 0.571. The summed E-state index contributed by atoms with van der Waals surface area (Å²) in [6.45, 7) is 0.779. The Morgan fingerprint density at radius 1 is 1.63 bits per heavy atom. The molecule has 19 heavy (non-hydrogen) atoms. The quantitative estimate of drug-likeness (QED) is 0.672. The third-order valence-corrected chi connectivity index (χ3v) is 3.59. The van der Waals surface area contributed by atoms with Gasteiger partial charge in [0.05, 0.1) is 5.69 Å². The van der Waals surface area contributed by atoms with E-state index in [2.05, 4.69) is 16.4 Å². The van der Waals surface area contributed by atoms with E-state index in [0.717, 1.165) is 31.5 Å². The van der Waals surface area contributed by atoms with Gasteiger partial charge >= 0.3 is 5.97 Å². The predicted molar refractivity (Wildman–Crippen MR) is 72.8 cm³/mol. The highest BCUT2D eigenvalue weighted by Crippen LogP contribution is 2.27. The van der Waals surface area contributed by atoms with Crippen LogP contribution in [0.15, 0.2) is 18.3 Å². The van der Waals surface area contributed by atoms with Gasteiger partial charge in [0.25, 0.3) is 0 Å². The fourth-order valence-electron chi connectivity index (χ4n) is 2.53. The zero-order valence-electron chi connectivity index (χ0n) is 11.0. The van der Waals surface area contributed by atoms with Gasteiger partial charge in [0, 0.05) is 12.2 Å². The van der Waals surface area contributed by atoms with E-state index < -0.39 is 12.0 Å². The lowest BCUT2D eigenvalue weighted by Gasteiger charge is -2.25. The SMILES string of the molecule is NC(CCCNC1CCCc2cccnc21)C(=O)O. The van der Waals surface area contributed by atoms with E-state index in [1.807, 2.05) is 12.3 Å². The van der Waals surface area contributed by atoms with Crippen LogP contribution >= 0.6 is 0 Å². The first-order valence-electron chi connectivity index (χ1n) is 6.84. The second-order valence-corrected chi connectivity index (χ2v) is 5.03. The summed E-state index contributed by atoms with van der Waals surface area (Å²) < 4.78 is 0. The van der Waals surface area contributed by atoms with Gasteiger partial charge in [-0.1, -0.05) is 6.07 Å². The summed E-state index contributed by atoms with van der Waals surface area (Å²) in [7, 11) is 0. The van der Waals surface area contributed by atoms with Crippen molar-refractivity contribution in [1.82, 2.24) is 10.3 Å². The first-order valence-corrected chi connectivity index (χ1v) is 6.84. The molecule has 0 saturated carbocycles. The molecule has 1 aromatic heterocycles. The number of hydrogen-bond acceptors (Lipinski definition) is 4. The summed E-state index contributed by atoms with van der Waals surface area (Å²) in [6.07, 6.45) is 6.47. The Balaban J connectivity index is 1.80. The van der Waals surface area contributed by atoms with Crippen LogP contribution in [0.1, 0.15) is 43.0 Å².